The summed E-state index contributed by atoms with van der Waals surface area (Å²) in [4.78, 5) is 6.75. The van der Waals surface area contributed by atoms with Crippen LogP contribution in [-0.2, 0) is 9.47 Å². The van der Waals surface area contributed by atoms with Crippen molar-refractivity contribution in [2.24, 2.45) is 4.99 Å². The molecule has 6 heteroatoms. The van der Waals surface area contributed by atoms with Crippen molar-refractivity contribution in [2.45, 2.75) is 65.1 Å². The molecule has 0 aromatic rings. The van der Waals surface area contributed by atoms with E-state index in [2.05, 4.69) is 48.2 Å². The van der Waals surface area contributed by atoms with E-state index in [1.807, 2.05) is 7.05 Å². The first kappa shape index (κ1) is 21.2. The molecule has 1 aliphatic heterocycles. The Morgan fingerprint density at radius 2 is 1.75 bits per heavy atom. The molecule has 0 spiro atoms. The van der Waals surface area contributed by atoms with E-state index in [1.54, 1.807) is 0 Å². The fourth-order valence-electron chi connectivity index (χ4n) is 3.01. The fourth-order valence-corrected chi connectivity index (χ4v) is 3.01. The molecule has 0 aliphatic carbocycles. The molecule has 0 unspecified atom stereocenters. The number of guanidine groups is 1. The van der Waals surface area contributed by atoms with Crippen molar-refractivity contribution in [1.29, 1.82) is 0 Å². The van der Waals surface area contributed by atoms with Crippen molar-refractivity contribution in [3.05, 3.63) is 0 Å². The molecule has 0 atom stereocenters. The fraction of sp³-hybridized carbons (Fsp3) is 0.944. The van der Waals surface area contributed by atoms with Crippen molar-refractivity contribution in [2.75, 3.05) is 46.5 Å². The standard InChI is InChI=1S/C18H38N4O2/c1-15(2)22(16(3)4)11-10-21-18(19-5)20-9-6-12-24-17-7-13-23-14-8-17/h15-17H,6-14H2,1-5H3,(H2,19,20,21). The lowest BCUT2D eigenvalue weighted by Crippen LogP contribution is -2.45. The van der Waals surface area contributed by atoms with E-state index in [0.717, 1.165) is 64.7 Å². The highest BCUT2D eigenvalue weighted by molar-refractivity contribution is 5.79. The third-order valence-corrected chi connectivity index (χ3v) is 4.35. The minimum absolute atomic E-state index is 0.384. The lowest BCUT2D eigenvalue weighted by Gasteiger charge is -2.30. The van der Waals surface area contributed by atoms with Crippen LogP contribution in [0.25, 0.3) is 0 Å². The van der Waals surface area contributed by atoms with Crippen LogP contribution in [0, 0.1) is 0 Å². The van der Waals surface area contributed by atoms with Gasteiger partial charge in [0.05, 0.1) is 6.10 Å². The van der Waals surface area contributed by atoms with Gasteiger partial charge in [-0.1, -0.05) is 0 Å². The number of aliphatic imine (C=N–C) groups is 1. The van der Waals surface area contributed by atoms with E-state index in [0.29, 0.717) is 18.2 Å². The van der Waals surface area contributed by atoms with Crippen LogP contribution in [0.3, 0.4) is 0 Å². The number of ether oxygens (including phenoxy) is 2. The summed E-state index contributed by atoms with van der Waals surface area (Å²) in [6.45, 7) is 14.2. The lowest BCUT2D eigenvalue weighted by atomic mass is 10.1. The molecule has 2 N–H and O–H groups in total. The molecule has 0 amide bonds. The zero-order valence-electron chi connectivity index (χ0n) is 16.3. The van der Waals surface area contributed by atoms with Crippen LogP contribution in [0.4, 0.5) is 0 Å². The highest BCUT2D eigenvalue weighted by atomic mass is 16.5. The second-order valence-electron chi connectivity index (χ2n) is 6.89. The molecule has 1 fully saturated rings. The largest absolute Gasteiger partial charge is 0.381 e. The Kier molecular flexibility index (Phi) is 11.0. The van der Waals surface area contributed by atoms with Gasteiger partial charge in [0.15, 0.2) is 5.96 Å². The van der Waals surface area contributed by atoms with Crippen molar-refractivity contribution in [1.82, 2.24) is 15.5 Å². The predicted molar refractivity (Wildman–Crippen MR) is 101 cm³/mol. The van der Waals surface area contributed by atoms with Gasteiger partial charge in [-0.05, 0) is 47.0 Å². The molecule has 0 radical (unpaired) electrons. The summed E-state index contributed by atoms with van der Waals surface area (Å²) in [7, 11) is 1.82. The molecule has 0 aromatic carbocycles. The molecule has 1 rings (SSSR count). The number of nitrogens with zero attached hydrogens (tertiary/aromatic N) is 2. The molecular weight excluding hydrogens is 304 g/mol. The summed E-state index contributed by atoms with van der Waals surface area (Å²) in [6, 6.07) is 1.12. The van der Waals surface area contributed by atoms with Gasteiger partial charge in [-0.25, -0.2) is 0 Å². The average molecular weight is 343 g/mol. The SMILES string of the molecule is CN=C(NCCCOC1CCOCC1)NCCN(C(C)C)C(C)C. The Morgan fingerprint density at radius 1 is 1.12 bits per heavy atom. The zero-order valence-corrected chi connectivity index (χ0v) is 16.3. The number of hydrogen-bond donors (Lipinski definition) is 2. The van der Waals surface area contributed by atoms with E-state index < -0.39 is 0 Å². The van der Waals surface area contributed by atoms with Gasteiger partial charge in [-0.2, -0.15) is 0 Å². The number of hydrogen-bond acceptors (Lipinski definition) is 4. The van der Waals surface area contributed by atoms with E-state index >= 15 is 0 Å². The summed E-state index contributed by atoms with van der Waals surface area (Å²) in [5.41, 5.74) is 0. The van der Waals surface area contributed by atoms with Gasteiger partial charge >= 0.3 is 0 Å². The third-order valence-electron chi connectivity index (χ3n) is 4.35. The van der Waals surface area contributed by atoms with Gasteiger partial charge in [-0.15, -0.1) is 0 Å². The van der Waals surface area contributed by atoms with Crippen LogP contribution < -0.4 is 10.6 Å². The van der Waals surface area contributed by atoms with Gasteiger partial charge < -0.3 is 20.1 Å². The molecule has 0 bridgehead atoms. The van der Waals surface area contributed by atoms with E-state index in [4.69, 9.17) is 9.47 Å². The van der Waals surface area contributed by atoms with Crippen molar-refractivity contribution in [3.63, 3.8) is 0 Å². The van der Waals surface area contributed by atoms with Crippen LogP contribution >= 0.6 is 0 Å². The van der Waals surface area contributed by atoms with Gasteiger partial charge in [-0.3, -0.25) is 9.89 Å². The molecule has 0 aromatic heterocycles. The maximum Gasteiger partial charge on any atom is 0.191 e. The van der Waals surface area contributed by atoms with E-state index in [9.17, 15) is 0 Å². The highest BCUT2D eigenvalue weighted by Crippen LogP contribution is 2.10. The molecule has 142 valence electrons. The minimum Gasteiger partial charge on any atom is -0.381 e. The Hall–Kier alpha value is -0.850. The summed E-state index contributed by atoms with van der Waals surface area (Å²) >= 11 is 0. The topological polar surface area (TPSA) is 58.1 Å². The van der Waals surface area contributed by atoms with Crippen molar-refractivity contribution < 1.29 is 9.47 Å². The first-order valence-electron chi connectivity index (χ1n) is 9.44. The molecule has 0 saturated carbocycles. The summed E-state index contributed by atoms with van der Waals surface area (Å²) in [5, 5.41) is 6.74. The second kappa shape index (κ2) is 12.5. The van der Waals surface area contributed by atoms with Crippen molar-refractivity contribution >= 4 is 5.96 Å². The second-order valence-corrected chi connectivity index (χ2v) is 6.89. The summed E-state index contributed by atoms with van der Waals surface area (Å²) in [6.07, 6.45) is 3.43. The first-order chi connectivity index (χ1) is 11.5. The minimum atomic E-state index is 0.384. The number of rotatable bonds is 10. The Morgan fingerprint density at radius 3 is 2.33 bits per heavy atom. The molecule has 1 saturated heterocycles. The quantitative estimate of drug-likeness (QED) is 0.360. The maximum absolute atomic E-state index is 5.88. The van der Waals surface area contributed by atoms with Crippen molar-refractivity contribution in [3.8, 4) is 0 Å². The Balaban J connectivity index is 2.09. The van der Waals surface area contributed by atoms with Crippen LogP contribution in [0.1, 0.15) is 47.0 Å². The average Bonchev–Trinajstić information content (AvgIpc) is 2.56. The molecular formula is C18H38N4O2. The van der Waals surface area contributed by atoms with Gasteiger partial charge in [0.25, 0.3) is 0 Å². The van der Waals surface area contributed by atoms with E-state index in [-0.39, 0.29) is 0 Å². The van der Waals surface area contributed by atoms with Gasteiger partial charge in [0, 0.05) is 58.6 Å². The van der Waals surface area contributed by atoms with Crippen LogP contribution in [0.2, 0.25) is 0 Å². The highest BCUT2D eigenvalue weighted by Gasteiger charge is 2.14. The normalized spacial score (nSPS) is 17.1. The summed E-state index contributed by atoms with van der Waals surface area (Å²) in [5.74, 6) is 0.869. The molecule has 1 heterocycles. The molecule has 24 heavy (non-hydrogen) atoms. The maximum atomic E-state index is 5.88. The zero-order chi connectivity index (χ0) is 17.8. The van der Waals surface area contributed by atoms with Gasteiger partial charge in [0.2, 0.25) is 0 Å². The van der Waals surface area contributed by atoms with Crippen LogP contribution in [-0.4, -0.2) is 75.5 Å². The third kappa shape index (κ3) is 8.85. The smallest absolute Gasteiger partial charge is 0.191 e. The monoisotopic (exact) mass is 342 g/mol. The Bertz CT molecular complexity index is 334. The van der Waals surface area contributed by atoms with E-state index in [1.165, 1.54) is 0 Å². The molecule has 6 nitrogen and oxygen atoms in total. The first-order valence-corrected chi connectivity index (χ1v) is 9.44. The number of nitrogens with one attached hydrogen (secondary N) is 2. The van der Waals surface area contributed by atoms with Crippen LogP contribution in [0.15, 0.2) is 4.99 Å². The summed E-state index contributed by atoms with van der Waals surface area (Å²) < 4.78 is 11.2. The Labute approximate surface area is 148 Å². The predicted octanol–water partition coefficient (Wildman–Crippen LogP) is 1.86. The van der Waals surface area contributed by atoms with Gasteiger partial charge in [0.1, 0.15) is 0 Å². The van der Waals surface area contributed by atoms with Crippen LogP contribution in [0.5, 0.6) is 0 Å². The lowest BCUT2D eigenvalue weighted by molar-refractivity contribution is -0.0320. The molecule has 1 aliphatic rings.